The van der Waals surface area contributed by atoms with Crippen molar-refractivity contribution in [3.8, 4) is 0 Å². The third-order valence-electron chi connectivity index (χ3n) is 3.05. The molecular formula is C12H21NO4. The molecule has 5 nitrogen and oxygen atoms in total. The maximum Gasteiger partial charge on any atom is 0.323 e. The molecule has 0 radical (unpaired) electrons. The number of hydrogen-bond donors (Lipinski definition) is 1. The van der Waals surface area contributed by atoms with E-state index in [-0.39, 0.29) is 18.6 Å². The van der Waals surface area contributed by atoms with E-state index in [9.17, 15) is 9.59 Å². The Morgan fingerprint density at radius 2 is 2.00 bits per heavy atom. The number of hydrogen-bond acceptors (Lipinski definition) is 3. The topological polar surface area (TPSA) is 66.8 Å². The standard InChI is InChI=1S/C12H21NO4/c1-3-10(17-9-6-4-5-7-9)12(16)13(2)8-11(14)15/h9-10H,3-8H2,1-2H3,(H,14,15). The van der Waals surface area contributed by atoms with Gasteiger partial charge >= 0.3 is 5.97 Å². The highest BCUT2D eigenvalue weighted by molar-refractivity contribution is 5.84. The number of aliphatic carboxylic acids is 1. The van der Waals surface area contributed by atoms with Crippen molar-refractivity contribution in [2.75, 3.05) is 13.6 Å². The van der Waals surface area contributed by atoms with Crippen LogP contribution in [0.2, 0.25) is 0 Å². The molecule has 1 unspecified atom stereocenters. The van der Waals surface area contributed by atoms with E-state index in [0.29, 0.717) is 6.42 Å². The van der Waals surface area contributed by atoms with Gasteiger partial charge in [0.05, 0.1) is 6.10 Å². The molecule has 1 amide bonds. The lowest BCUT2D eigenvalue weighted by molar-refractivity contribution is -0.152. The monoisotopic (exact) mass is 243 g/mol. The number of carbonyl (C=O) groups is 2. The summed E-state index contributed by atoms with van der Waals surface area (Å²) in [5, 5.41) is 8.64. The van der Waals surface area contributed by atoms with Crippen LogP contribution in [-0.2, 0) is 14.3 Å². The lowest BCUT2D eigenvalue weighted by Crippen LogP contribution is -2.41. The van der Waals surface area contributed by atoms with E-state index in [2.05, 4.69) is 0 Å². The van der Waals surface area contributed by atoms with Crippen LogP contribution in [-0.4, -0.2) is 47.7 Å². The van der Waals surface area contributed by atoms with Crippen LogP contribution in [0.15, 0.2) is 0 Å². The molecule has 0 heterocycles. The van der Waals surface area contributed by atoms with E-state index in [1.807, 2.05) is 6.92 Å². The van der Waals surface area contributed by atoms with E-state index in [1.165, 1.54) is 11.9 Å². The Labute approximate surface area is 102 Å². The molecule has 0 aromatic carbocycles. The van der Waals surface area contributed by atoms with E-state index in [0.717, 1.165) is 25.7 Å². The van der Waals surface area contributed by atoms with E-state index >= 15 is 0 Å². The fourth-order valence-corrected chi connectivity index (χ4v) is 2.11. The lowest BCUT2D eigenvalue weighted by Gasteiger charge is -2.24. The second kappa shape index (κ2) is 6.59. The van der Waals surface area contributed by atoms with Gasteiger partial charge in [-0.2, -0.15) is 0 Å². The Morgan fingerprint density at radius 3 is 2.47 bits per heavy atom. The van der Waals surface area contributed by atoms with Crippen LogP contribution in [0.1, 0.15) is 39.0 Å². The minimum Gasteiger partial charge on any atom is -0.480 e. The van der Waals surface area contributed by atoms with Crippen LogP contribution in [0.25, 0.3) is 0 Å². The van der Waals surface area contributed by atoms with Crippen molar-refractivity contribution in [2.45, 2.75) is 51.2 Å². The summed E-state index contributed by atoms with van der Waals surface area (Å²) in [6.45, 7) is 1.61. The minimum atomic E-state index is -1.00. The number of carbonyl (C=O) groups excluding carboxylic acids is 1. The molecule has 0 spiro atoms. The van der Waals surface area contributed by atoms with Gasteiger partial charge in [0, 0.05) is 7.05 Å². The predicted molar refractivity (Wildman–Crippen MR) is 62.7 cm³/mol. The largest absolute Gasteiger partial charge is 0.480 e. The Morgan fingerprint density at radius 1 is 1.41 bits per heavy atom. The van der Waals surface area contributed by atoms with Gasteiger partial charge in [0.2, 0.25) is 0 Å². The molecule has 0 aromatic heterocycles. The highest BCUT2D eigenvalue weighted by Crippen LogP contribution is 2.23. The maximum atomic E-state index is 11.9. The molecule has 5 heteroatoms. The quantitative estimate of drug-likeness (QED) is 0.762. The van der Waals surface area contributed by atoms with E-state index in [4.69, 9.17) is 9.84 Å². The number of ether oxygens (including phenoxy) is 1. The molecular weight excluding hydrogens is 222 g/mol. The van der Waals surface area contributed by atoms with Crippen molar-refractivity contribution in [2.24, 2.45) is 0 Å². The Hall–Kier alpha value is -1.10. The maximum absolute atomic E-state index is 11.9. The summed E-state index contributed by atoms with van der Waals surface area (Å²) in [5.41, 5.74) is 0. The number of carboxylic acid groups (broad SMARTS) is 1. The van der Waals surface area contributed by atoms with Crippen molar-refractivity contribution in [3.05, 3.63) is 0 Å². The van der Waals surface area contributed by atoms with Crippen molar-refractivity contribution in [3.63, 3.8) is 0 Å². The van der Waals surface area contributed by atoms with Crippen LogP contribution in [0.3, 0.4) is 0 Å². The zero-order chi connectivity index (χ0) is 12.8. The minimum absolute atomic E-state index is 0.169. The molecule has 98 valence electrons. The summed E-state index contributed by atoms with van der Waals surface area (Å²) < 4.78 is 5.74. The molecule has 0 aliphatic heterocycles. The second-order valence-electron chi connectivity index (χ2n) is 4.53. The third kappa shape index (κ3) is 4.34. The van der Waals surface area contributed by atoms with Crippen LogP contribution in [0.4, 0.5) is 0 Å². The molecule has 1 aliphatic carbocycles. The number of rotatable bonds is 6. The van der Waals surface area contributed by atoms with Gasteiger partial charge in [0.15, 0.2) is 0 Å². The average molecular weight is 243 g/mol. The molecule has 1 saturated carbocycles. The molecule has 1 aliphatic rings. The second-order valence-corrected chi connectivity index (χ2v) is 4.53. The summed E-state index contributed by atoms with van der Waals surface area (Å²) >= 11 is 0. The van der Waals surface area contributed by atoms with Crippen LogP contribution in [0.5, 0.6) is 0 Å². The van der Waals surface area contributed by atoms with Crippen LogP contribution < -0.4 is 0 Å². The Bertz CT molecular complexity index is 274. The molecule has 0 saturated heterocycles. The molecule has 1 atom stereocenters. The van der Waals surface area contributed by atoms with Crippen molar-refractivity contribution >= 4 is 11.9 Å². The fraction of sp³-hybridized carbons (Fsp3) is 0.833. The summed E-state index contributed by atoms with van der Waals surface area (Å²) in [4.78, 5) is 23.7. The number of carboxylic acids is 1. The smallest absolute Gasteiger partial charge is 0.323 e. The lowest BCUT2D eigenvalue weighted by atomic mass is 10.2. The molecule has 17 heavy (non-hydrogen) atoms. The van der Waals surface area contributed by atoms with Crippen molar-refractivity contribution in [1.29, 1.82) is 0 Å². The van der Waals surface area contributed by atoms with E-state index in [1.54, 1.807) is 0 Å². The molecule has 1 rings (SSSR count). The summed E-state index contributed by atoms with van der Waals surface area (Å²) in [6, 6.07) is 0. The van der Waals surface area contributed by atoms with Crippen molar-refractivity contribution in [1.82, 2.24) is 4.90 Å². The third-order valence-corrected chi connectivity index (χ3v) is 3.05. The van der Waals surface area contributed by atoms with E-state index < -0.39 is 12.1 Å². The number of likely N-dealkylation sites (N-methyl/N-ethyl adjacent to an activating group) is 1. The number of amides is 1. The van der Waals surface area contributed by atoms with Crippen LogP contribution >= 0.6 is 0 Å². The average Bonchev–Trinajstić information content (AvgIpc) is 2.76. The highest BCUT2D eigenvalue weighted by Gasteiger charge is 2.27. The molecule has 0 bridgehead atoms. The molecule has 1 fully saturated rings. The first-order valence-electron chi connectivity index (χ1n) is 6.16. The van der Waals surface area contributed by atoms with Crippen LogP contribution in [0, 0.1) is 0 Å². The zero-order valence-corrected chi connectivity index (χ0v) is 10.5. The normalized spacial score (nSPS) is 18.0. The van der Waals surface area contributed by atoms with Gasteiger partial charge in [-0.05, 0) is 19.3 Å². The zero-order valence-electron chi connectivity index (χ0n) is 10.5. The molecule has 0 aromatic rings. The van der Waals surface area contributed by atoms with Gasteiger partial charge in [-0.15, -0.1) is 0 Å². The van der Waals surface area contributed by atoms with Gasteiger partial charge in [-0.3, -0.25) is 9.59 Å². The van der Waals surface area contributed by atoms with Gasteiger partial charge in [-0.25, -0.2) is 0 Å². The molecule has 1 N–H and O–H groups in total. The number of nitrogens with zero attached hydrogens (tertiary/aromatic N) is 1. The summed E-state index contributed by atoms with van der Waals surface area (Å²) in [5.74, 6) is -1.24. The fourth-order valence-electron chi connectivity index (χ4n) is 2.11. The Balaban J connectivity index is 2.47. The Kier molecular flexibility index (Phi) is 5.41. The first-order chi connectivity index (χ1) is 8.04. The summed E-state index contributed by atoms with van der Waals surface area (Å²) in [7, 11) is 1.50. The first kappa shape index (κ1) is 14.0. The van der Waals surface area contributed by atoms with Gasteiger partial charge < -0.3 is 14.7 Å². The first-order valence-corrected chi connectivity index (χ1v) is 6.16. The summed E-state index contributed by atoms with van der Waals surface area (Å²) in [6.07, 6.45) is 4.57. The predicted octanol–water partition coefficient (Wildman–Crippen LogP) is 1.27. The SMILES string of the molecule is CCC(OC1CCCC1)C(=O)N(C)CC(=O)O. The van der Waals surface area contributed by atoms with Gasteiger partial charge in [-0.1, -0.05) is 19.8 Å². The highest BCUT2D eigenvalue weighted by atomic mass is 16.5. The van der Waals surface area contributed by atoms with Gasteiger partial charge in [0.25, 0.3) is 5.91 Å². The van der Waals surface area contributed by atoms with Gasteiger partial charge in [0.1, 0.15) is 12.6 Å². The van der Waals surface area contributed by atoms with Crippen molar-refractivity contribution < 1.29 is 19.4 Å².